The van der Waals surface area contributed by atoms with Crippen molar-refractivity contribution in [3.05, 3.63) is 60.1 Å². The third-order valence-corrected chi connectivity index (χ3v) is 4.05. The van der Waals surface area contributed by atoms with Crippen molar-refractivity contribution in [3.63, 3.8) is 0 Å². The van der Waals surface area contributed by atoms with Gasteiger partial charge in [0.25, 0.3) is 0 Å². The molecule has 0 aliphatic carbocycles. The number of hydrogen-bond donors (Lipinski definition) is 0. The molecule has 3 rings (SSSR count). The molecule has 1 aromatic carbocycles. The second kappa shape index (κ2) is 7.18. The van der Waals surface area contributed by atoms with Crippen LogP contribution in [-0.4, -0.2) is 24.0 Å². The van der Waals surface area contributed by atoms with Crippen molar-refractivity contribution in [1.82, 2.24) is 4.90 Å². The zero-order chi connectivity index (χ0) is 16.1. The molecule has 1 aromatic heterocycles. The van der Waals surface area contributed by atoms with Gasteiger partial charge >= 0.3 is 0 Å². The lowest BCUT2D eigenvalue weighted by Crippen LogP contribution is -2.28. The first-order chi connectivity index (χ1) is 11.3. The molecule has 0 spiro atoms. The van der Waals surface area contributed by atoms with Crippen molar-refractivity contribution >= 4 is 12.0 Å². The van der Waals surface area contributed by atoms with Gasteiger partial charge in [-0.2, -0.15) is 0 Å². The van der Waals surface area contributed by atoms with Gasteiger partial charge in [0.2, 0.25) is 5.91 Å². The third kappa shape index (κ3) is 3.65. The van der Waals surface area contributed by atoms with E-state index < -0.39 is 0 Å². The highest BCUT2D eigenvalue weighted by Crippen LogP contribution is 2.33. The van der Waals surface area contributed by atoms with Crippen molar-refractivity contribution < 1.29 is 13.9 Å². The molecule has 120 valence electrons. The van der Waals surface area contributed by atoms with E-state index in [1.165, 1.54) is 0 Å². The molecule has 1 fully saturated rings. The fourth-order valence-corrected chi connectivity index (χ4v) is 2.97. The van der Waals surface area contributed by atoms with Crippen LogP contribution in [0.5, 0.6) is 5.75 Å². The van der Waals surface area contributed by atoms with Crippen LogP contribution in [0.25, 0.3) is 6.08 Å². The monoisotopic (exact) mass is 311 g/mol. The van der Waals surface area contributed by atoms with Gasteiger partial charge < -0.3 is 14.1 Å². The second-order valence-corrected chi connectivity index (χ2v) is 5.54. The third-order valence-electron chi connectivity index (χ3n) is 4.05. The highest BCUT2D eigenvalue weighted by molar-refractivity contribution is 5.91. The molecule has 1 saturated heterocycles. The summed E-state index contributed by atoms with van der Waals surface area (Å²) in [5.41, 5.74) is 1.16. The maximum Gasteiger partial charge on any atom is 0.247 e. The summed E-state index contributed by atoms with van der Waals surface area (Å²) in [5.74, 6) is 1.58. The highest BCUT2D eigenvalue weighted by Gasteiger charge is 2.28. The summed E-state index contributed by atoms with van der Waals surface area (Å²) in [6.07, 6.45) is 6.93. The van der Waals surface area contributed by atoms with E-state index in [9.17, 15) is 4.79 Å². The Morgan fingerprint density at radius 2 is 2.17 bits per heavy atom. The van der Waals surface area contributed by atoms with E-state index in [2.05, 4.69) is 12.1 Å². The number of carbonyl (C=O) groups excluding carboxylic acids is 1. The lowest BCUT2D eigenvalue weighted by Gasteiger charge is -2.24. The van der Waals surface area contributed by atoms with Gasteiger partial charge in [-0.15, -0.1) is 0 Å². The fraction of sp³-hybridized carbons (Fsp3) is 0.316. The molecule has 1 aliphatic heterocycles. The van der Waals surface area contributed by atoms with Crippen LogP contribution in [0.2, 0.25) is 0 Å². The minimum Gasteiger partial charge on any atom is -0.494 e. The first-order valence-electron chi connectivity index (χ1n) is 8.03. The number of ether oxygens (including phenoxy) is 1. The Balaban J connectivity index is 1.70. The van der Waals surface area contributed by atoms with E-state index in [1.54, 1.807) is 18.4 Å². The Morgan fingerprint density at radius 1 is 1.35 bits per heavy atom. The van der Waals surface area contributed by atoms with Gasteiger partial charge in [0.05, 0.1) is 18.9 Å². The van der Waals surface area contributed by atoms with Crippen LogP contribution in [-0.2, 0) is 4.79 Å². The van der Waals surface area contributed by atoms with Crippen molar-refractivity contribution in [2.45, 2.75) is 25.8 Å². The van der Waals surface area contributed by atoms with E-state index >= 15 is 0 Å². The standard InChI is InChI=1S/C19H21NO3/c1-2-22-17-9-7-15(8-10-17)18-6-3-13-20(18)19(21)12-11-16-5-4-14-23-16/h4-5,7-12,14,18H,2-3,6,13H2,1H3/b12-11+. The average molecular weight is 311 g/mol. The molecule has 1 atom stereocenters. The van der Waals surface area contributed by atoms with Gasteiger partial charge in [0.15, 0.2) is 0 Å². The van der Waals surface area contributed by atoms with E-state index in [1.807, 2.05) is 36.1 Å². The number of rotatable bonds is 5. The summed E-state index contributed by atoms with van der Waals surface area (Å²) in [7, 11) is 0. The molecule has 0 N–H and O–H groups in total. The SMILES string of the molecule is CCOc1ccc(C2CCCN2C(=O)/C=C/c2ccco2)cc1. The average Bonchev–Trinajstić information content (AvgIpc) is 3.25. The molecule has 2 heterocycles. The summed E-state index contributed by atoms with van der Waals surface area (Å²) in [5, 5.41) is 0. The predicted molar refractivity (Wildman–Crippen MR) is 89.0 cm³/mol. The number of likely N-dealkylation sites (tertiary alicyclic amines) is 1. The van der Waals surface area contributed by atoms with Gasteiger partial charge in [0.1, 0.15) is 11.5 Å². The van der Waals surface area contributed by atoms with Crippen LogP contribution in [0.4, 0.5) is 0 Å². The van der Waals surface area contributed by atoms with E-state index in [0.29, 0.717) is 12.4 Å². The summed E-state index contributed by atoms with van der Waals surface area (Å²) >= 11 is 0. The first-order valence-corrected chi connectivity index (χ1v) is 8.03. The number of furan rings is 1. The second-order valence-electron chi connectivity index (χ2n) is 5.54. The van der Waals surface area contributed by atoms with Crippen LogP contribution >= 0.6 is 0 Å². The lowest BCUT2D eigenvalue weighted by molar-refractivity contribution is -0.126. The minimum atomic E-state index is 0.0257. The fourth-order valence-electron chi connectivity index (χ4n) is 2.97. The van der Waals surface area contributed by atoms with E-state index in [0.717, 1.165) is 30.7 Å². The zero-order valence-corrected chi connectivity index (χ0v) is 13.3. The number of carbonyl (C=O) groups is 1. The van der Waals surface area contributed by atoms with Crippen molar-refractivity contribution in [2.24, 2.45) is 0 Å². The first kappa shape index (κ1) is 15.4. The number of hydrogen-bond acceptors (Lipinski definition) is 3. The van der Waals surface area contributed by atoms with Crippen molar-refractivity contribution in [2.75, 3.05) is 13.2 Å². The molecular formula is C19H21NO3. The number of nitrogens with zero attached hydrogens (tertiary/aromatic N) is 1. The molecule has 0 radical (unpaired) electrons. The predicted octanol–water partition coefficient (Wildman–Crippen LogP) is 4.06. The maximum atomic E-state index is 12.5. The topological polar surface area (TPSA) is 42.7 Å². The molecule has 1 unspecified atom stereocenters. The zero-order valence-electron chi connectivity index (χ0n) is 13.3. The minimum absolute atomic E-state index is 0.0257. The Morgan fingerprint density at radius 3 is 2.87 bits per heavy atom. The number of amides is 1. The molecule has 0 bridgehead atoms. The van der Waals surface area contributed by atoms with Gasteiger partial charge in [-0.1, -0.05) is 12.1 Å². The summed E-state index contributed by atoms with van der Waals surface area (Å²) in [6.45, 7) is 3.42. The van der Waals surface area contributed by atoms with E-state index in [-0.39, 0.29) is 11.9 Å². The molecule has 4 heteroatoms. The Kier molecular flexibility index (Phi) is 4.81. The van der Waals surface area contributed by atoms with Crippen LogP contribution in [0.1, 0.15) is 37.1 Å². The quantitative estimate of drug-likeness (QED) is 0.782. The van der Waals surface area contributed by atoms with Crippen LogP contribution in [0.15, 0.2) is 53.2 Å². The molecular weight excluding hydrogens is 290 g/mol. The van der Waals surface area contributed by atoms with Crippen molar-refractivity contribution in [1.29, 1.82) is 0 Å². The highest BCUT2D eigenvalue weighted by atomic mass is 16.5. The molecule has 1 amide bonds. The molecule has 1 aliphatic rings. The summed E-state index contributed by atoms with van der Waals surface area (Å²) < 4.78 is 10.7. The normalized spacial score (nSPS) is 17.8. The van der Waals surface area contributed by atoms with E-state index in [4.69, 9.17) is 9.15 Å². The van der Waals surface area contributed by atoms with Crippen LogP contribution < -0.4 is 4.74 Å². The Bertz CT molecular complexity index is 658. The largest absolute Gasteiger partial charge is 0.494 e. The van der Waals surface area contributed by atoms with Crippen molar-refractivity contribution in [3.8, 4) is 5.75 Å². The maximum absolute atomic E-state index is 12.5. The van der Waals surface area contributed by atoms with Crippen LogP contribution in [0.3, 0.4) is 0 Å². The smallest absolute Gasteiger partial charge is 0.247 e. The Hall–Kier alpha value is -2.49. The molecule has 4 nitrogen and oxygen atoms in total. The van der Waals surface area contributed by atoms with Gasteiger partial charge in [-0.05, 0) is 55.7 Å². The van der Waals surface area contributed by atoms with Gasteiger partial charge in [-0.25, -0.2) is 0 Å². The van der Waals surface area contributed by atoms with Gasteiger partial charge in [0, 0.05) is 12.6 Å². The van der Waals surface area contributed by atoms with Gasteiger partial charge in [-0.3, -0.25) is 4.79 Å². The summed E-state index contributed by atoms with van der Waals surface area (Å²) in [6, 6.07) is 11.8. The molecule has 2 aromatic rings. The molecule has 23 heavy (non-hydrogen) atoms. The summed E-state index contributed by atoms with van der Waals surface area (Å²) in [4.78, 5) is 14.4. The number of benzene rings is 1. The molecule has 0 saturated carbocycles. The van der Waals surface area contributed by atoms with Crippen LogP contribution in [0, 0.1) is 0 Å². The Labute approximate surface area is 136 Å². The lowest BCUT2D eigenvalue weighted by atomic mass is 10.0.